The fourth-order valence-electron chi connectivity index (χ4n) is 15.5. The molecule has 3 aliphatic carbocycles. The molecule has 0 fully saturated rings. The van der Waals surface area contributed by atoms with Gasteiger partial charge in [0.15, 0.2) is 0 Å². The van der Waals surface area contributed by atoms with Crippen LogP contribution in [0.15, 0.2) is 295 Å². The minimum Gasteiger partial charge on any atom is -0.744 e. The highest BCUT2D eigenvalue weighted by Crippen LogP contribution is 2.42. The fraction of sp³-hybridized carbons (Fsp3) is 0.225. The summed E-state index contributed by atoms with van der Waals surface area (Å²) < 4.78 is 66.4. The highest BCUT2D eigenvalue weighted by molar-refractivity contribution is 7.86. The number of benzene rings is 11. The predicted octanol–water partition coefficient (Wildman–Crippen LogP) is 16.7. The maximum absolute atomic E-state index is 11.2. The molecule has 0 saturated carbocycles. The van der Waals surface area contributed by atoms with Gasteiger partial charge in [-0.15, -0.1) is 0 Å². The monoisotopic (exact) mass is 1620 g/mol. The second-order valence-corrected chi connectivity index (χ2v) is 31.5. The number of aryl methyl sites for hydroxylation is 1. The molecule has 0 atom stereocenters. The molecule has 11 aromatic rings. The summed E-state index contributed by atoms with van der Waals surface area (Å²) in [6, 6.07) is 85.5. The lowest BCUT2D eigenvalue weighted by Crippen LogP contribution is -2.72. The first-order chi connectivity index (χ1) is 57.7. The van der Waals surface area contributed by atoms with Crippen LogP contribution in [0.3, 0.4) is 0 Å². The van der Waals surface area contributed by atoms with E-state index in [9.17, 15) is 25.9 Å². The van der Waals surface area contributed by atoms with E-state index in [1.165, 1.54) is 141 Å². The minimum atomic E-state index is -4.88. The number of hydrogen-bond donors (Lipinski definition) is 7. The number of rotatable bonds is 25. The van der Waals surface area contributed by atoms with Gasteiger partial charge < -0.3 is 40.2 Å². The van der Waals surface area contributed by atoms with Gasteiger partial charge in [0, 0.05) is 105 Å². The van der Waals surface area contributed by atoms with E-state index in [0.29, 0.717) is 6.07 Å². The number of nitrogens with one attached hydrogen (secondary N) is 7. The number of allylic oxidation sites excluding steroid dienone is 9. The lowest BCUT2D eigenvalue weighted by Gasteiger charge is -2.24. The fourth-order valence-corrected chi connectivity index (χ4v) is 16.8. The number of nitrogens with zero attached hydrogens (tertiary/aromatic N) is 2. The van der Waals surface area contributed by atoms with Gasteiger partial charge in [0.05, 0.1) is 26.5 Å². The van der Waals surface area contributed by atoms with Crippen molar-refractivity contribution in [3.63, 3.8) is 0 Å². The summed E-state index contributed by atoms with van der Waals surface area (Å²) >= 11 is 0. The number of hydrogen-bond acceptors (Lipinski definition) is 12. The van der Waals surface area contributed by atoms with Crippen molar-refractivity contribution in [2.45, 2.75) is 92.9 Å². The molecule has 17 heteroatoms. The normalized spacial score (nSPS) is 13.5. The zero-order valence-electron chi connectivity index (χ0n) is 70.6. The predicted molar refractivity (Wildman–Crippen MR) is 498 cm³/mol. The highest BCUT2D eigenvalue weighted by Gasteiger charge is 2.27. The second-order valence-electron chi connectivity index (χ2n) is 28.8. The molecule has 0 spiro atoms. The average molecular weight is 1620 g/mol. The van der Waals surface area contributed by atoms with Gasteiger partial charge in [0.2, 0.25) is 17.1 Å². The average Bonchev–Trinajstić information content (AvgIpc) is 0.784. The summed E-state index contributed by atoms with van der Waals surface area (Å²) in [5, 5.41) is 13.9. The first kappa shape index (κ1) is 87.6. The molecule has 0 unspecified atom stereocenters. The van der Waals surface area contributed by atoms with Crippen LogP contribution in [0.5, 0.6) is 0 Å². The first-order valence-corrected chi connectivity index (χ1v) is 44.5. The Morgan fingerprint density at radius 3 is 0.849 bits per heavy atom. The molecule has 14 rings (SSSR count). The van der Waals surface area contributed by atoms with Crippen molar-refractivity contribution < 1.29 is 40.9 Å². The van der Waals surface area contributed by atoms with Crippen LogP contribution >= 0.6 is 0 Å². The molecule has 0 amide bonds. The van der Waals surface area contributed by atoms with Gasteiger partial charge >= 0.3 is 0 Å². The van der Waals surface area contributed by atoms with Crippen LogP contribution < -0.4 is 46.0 Å². The van der Waals surface area contributed by atoms with Crippen molar-refractivity contribution in [2.24, 2.45) is 0 Å². The van der Waals surface area contributed by atoms with Crippen molar-refractivity contribution in [1.82, 2.24) is 0 Å². The molecule has 7 N–H and O–H groups in total. The highest BCUT2D eigenvalue weighted by atomic mass is 32.2. The van der Waals surface area contributed by atoms with Crippen LogP contribution in [0.25, 0.3) is 44.2 Å². The maximum Gasteiger partial charge on any atom is 0.206 e. The molecule has 15 nitrogen and oxygen atoms in total. The molecule has 0 aromatic heterocycles. The Morgan fingerprint density at radius 2 is 0.597 bits per heavy atom. The Hall–Kier alpha value is -12.3. The Morgan fingerprint density at radius 1 is 0.319 bits per heavy atom. The molecular formula is C102H112N9O6S2+. The molecule has 0 saturated heterocycles. The van der Waals surface area contributed by atoms with Crippen LogP contribution in [0.1, 0.15) is 148 Å². The lowest BCUT2D eigenvalue weighted by molar-refractivity contribution is -0.451. The zero-order valence-corrected chi connectivity index (χ0v) is 72.2. The largest absolute Gasteiger partial charge is 0.744 e. The van der Waals surface area contributed by atoms with E-state index in [-0.39, 0.29) is 10.8 Å². The van der Waals surface area contributed by atoms with E-state index >= 15 is 0 Å². The molecular weight excluding hydrogens is 1510 g/mol. The van der Waals surface area contributed by atoms with Gasteiger partial charge in [0.25, 0.3) is 0 Å². The van der Waals surface area contributed by atoms with Crippen LogP contribution in [0, 0.1) is 6.92 Å². The van der Waals surface area contributed by atoms with Crippen LogP contribution in [-0.2, 0) is 20.2 Å². The third-order valence-corrected chi connectivity index (χ3v) is 22.8. The first-order valence-electron chi connectivity index (χ1n) is 41.7. The van der Waals surface area contributed by atoms with Gasteiger partial charge in [-0.25, -0.2) is 31.8 Å². The molecule has 11 aromatic carbocycles. The summed E-state index contributed by atoms with van der Waals surface area (Å²) in [6.45, 7) is 35.9. The van der Waals surface area contributed by atoms with Crippen molar-refractivity contribution in [3.05, 3.63) is 358 Å². The van der Waals surface area contributed by atoms with Gasteiger partial charge in [-0.2, -0.15) is 0 Å². The molecule has 0 radical (unpaired) electrons. The summed E-state index contributed by atoms with van der Waals surface area (Å²) in [5.41, 5.74) is 33.8. The van der Waals surface area contributed by atoms with Gasteiger partial charge in [-0.3, -0.25) is 0 Å². The number of fused-ring (bicyclic) bond motifs is 4. The van der Waals surface area contributed by atoms with E-state index in [0.717, 1.165) is 106 Å². The van der Waals surface area contributed by atoms with E-state index in [2.05, 4.69) is 377 Å². The molecule has 0 bridgehead atoms. The Labute approximate surface area is 705 Å². The third-order valence-electron chi connectivity index (χ3n) is 21.1. The summed E-state index contributed by atoms with van der Waals surface area (Å²) in [7, 11) is -9.72. The SMILES string of the molecule is CCNc1ccc(C(=C2C=CC(=[NH+]CC)c3ccccc32)c2ccc(NCC)cc2)cc1.CCNc1ccc(C(=C2C=CC(=[NH+]CC)c3ccccc32)c2ccc(NCC)cc2)cc1.CC[NH+]=C1C=CC(=C(c2ccc(N(CC)CC)cc2)c2ccc(N(CC)CC)cc2)c2ccccc21.Cc1ccc2c(S(=O)(=O)[O-])cc(S(=O)(=O)[O-])cc2c1. The van der Waals surface area contributed by atoms with Crippen molar-refractivity contribution >= 4 is 116 Å². The summed E-state index contributed by atoms with van der Waals surface area (Å²) in [4.78, 5) is 13.9. The van der Waals surface area contributed by atoms with Crippen LogP contribution in [0.2, 0.25) is 0 Å². The smallest absolute Gasteiger partial charge is 0.206 e. The summed E-state index contributed by atoms with van der Waals surface area (Å²) in [5.74, 6) is 0. The zero-order chi connectivity index (χ0) is 84.6. The van der Waals surface area contributed by atoms with Gasteiger partial charge in [-0.05, 0) is 299 Å². The topological polar surface area (TPSA) is 211 Å². The molecule has 0 heterocycles. The quantitative estimate of drug-likeness (QED) is 0.0267. The van der Waals surface area contributed by atoms with Gasteiger partial charge in [-0.1, -0.05) is 151 Å². The molecule has 612 valence electrons. The van der Waals surface area contributed by atoms with Crippen molar-refractivity contribution in [1.29, 1.82) is 0 Å². The second kappa shape index (κ2) is 41.7. The van der Waals surface area contributed by atoms with E-state index < -0.39 is 30.0 Å². The Balaban J connectivity index is 0.000000159. The molecule has 3 aliphatic rings. The molecule has 0 aliphatic heterocycles. The van der Waals surface area contributed by atoms with Crippen LogP contribution in [-0.4, -0.2) is 115 Å². The van der Waals surface area contributed by atoms with Crippen LogP contribution in [0.4, 0.5) is 34.1 Å². The van der Waals surface area contributed by atoms with E-state index in [1.807, 2.05) is 0 Å². The van der Waals surface area contributed by atoms with Crippen molar-refractivity contribution in [2.75, 3.05) is 103 Å². The van der Waals surface area contributed by atoms with Crippen molar-refractivity contribution in [3.8, 4) is 0 Å². The summed E-state index contributed by atoms with van der Waals surface area (Å²) in [6.07, 6.45) is 13.4. The maximum atomic E-state index is 11.2. The Kier molecular flexibility index (Phi) is 30.7. The standard InChI is InChI=1S/C33H39N3.2C29H31N3.C11H10O6S2/c1-6-34-32-24-23-31(29-13-11-12-14-30(29)32)33(25-15-19-27(20-16-25)35(7-2)8-3)26-17-21-28(22-18-26)36(9-4)10-5;2*1-4-30-23-15-11-21(12-16-23)29(22-13-17-24(18-14-22)31-5-2)27-19-20-28(32-6-3)26-10-8-7-9-25(26)27;1-7-2-3-10-8(4-7)5-9(18(12,13)14)6-11(10)19(15,16)17/h11-24H,6-10H2,1-5H3;2*7-20,30-31H,4-6H2,1-3H3;2-6H,1H3,(H,12,13,14)(H,15,16,17)/p+1. The minimum absolute atomic E-state index is 0.0907. The lowest BCUT2D eigenvalue weighted by atomic mass is 9.83. The Bertz CT molecular complexity index is 5530. The molecule has 119 heavy (non-hydrogen) atoms. The van der Waals surface area contributed by atoms with E-state index in [4.69, 9.17) is 0 Å². The van der Waals surface area contributed by atoms with Gasteiger partial charge in [0.1, 0.15) is 39.9 Å². The third kappa shape index (κ3) is 21.6. The van der Waals surface area contributed by atoms with E-state index in [1.54, 1.807) is 13.0 Å². The number of anilines is 6.